The third-order valence-electron chi connectivity index (χ3n) is 2.00. The number of hydrogen-bond donors (Lipinski definition) is 1. The molecular formula is C8H10N2O4. The number of oxazole rings is 1. The number of carboxylic acids is 1. The summed E-state index contributed by atoms with van der Waals surface area (Å²) in [4.78, 5) is 16.0. The van der Waals surface area contributed by atoms with Crippen LogP contribution in [-0.2, 0) is 4.74 Å². The van der Waals surface area contributed by atoms with Crippen molar-refractivity contribution in [1.29, 1.82) is 0 Å². The highest BCUT2D eigenvalue weighted by Gasteiger charge is 2.17. The molecule has 1 saturated heterocycles. The number of aromatic nitrogens is 1. The van der Waals surface area contributed by atoms with Crippen LogP contribution in [0.25, 0.3) is 0 Å². The zero-order valence-corrected chi connectivity index (χ0v) is 7.47. The van der Waals surface area contributed by atoms with Gasteiger partial charge in [-0.2, -0.15) is 0 Å². The first-order valence-corrected chi connectivity index (χ1v) is 4.29. The van der Waals surface area contributed by atoms with Gasteiger partial charge in [-0.05, 0) is 0 Å². The Morgan fingerprint density at radius 2 is 2.21 bits per heavy atom. The number of ether oxygens (including phenoxy) is 1. The second-order valence-corrected chi connectivity index (χ2v) is 2.91. The van der Waals surface area contributed by atoms with Gasteiger partial charge in [-0.15, -0.1) is 0 Å². The van der Waals surface area contributed by atoms with E-state index in [1.54, 1.807) is 0 Å². The highest BCUT2D eigenvalue weighted by atomic mass is 16.5. The monoisotopic (exact) mass is 198 g/mol. The first-order valence-electron chi connectivity index (χ1n) is 4.29. The molecule has 2 heterocycles. The standard InChI is InChI=1S/C8H10N2O4/c11-8(12)7-9-5-6(14-7)10-1-3-13-4-2-10/h5H,1-4H2,(H,11,12). The third kappa shape index (κ3) is 1.69. The third-order valence-corrected chi connectivity index (χ3v) is 2.00. The first kappa shape index (κ1) is 9.01. The summed E-state index contributed by atoms with van der Waals surface area (Å²) in [6, 6.07) is 0. The minimum atomic E-state index is -1.15. The van der Waals surface area contributed by atoms with Crippen LogP contribution in [0.4, 0.5) is 5.88 Å². The van der Waals surface area contributed by atoms with E-state index in [-0.39, 0.29) is 5.89 Å². The number of nitrogens with zero attached hydrogens (tertiary/aromatic N) is 2. The number of hydrogen-bond acceptors (Lipinski definition) is 5. The number of aromatic carboxylic acids is 1. The van der Waals surface area contributed by atoms with Crippen LogP contribution < -0.4 is 4.90 Å². The maximum absolute atomic E-state index is 10.5. The molecule has 1 aromatic heterocycles. The lowest BCUT2D eigenvalue weighted by molar-refractivity contribution is 0.0653. The van der Waals surface area contributed by atoms with E-state index in [2.05, 4.69) is 4.98 Å². The van der Waals surface area contributed by atoms with Crippen molar-refractivity contribution in [2.75, 3.05) is 31.2 Å². The molecule has 0 radical (unpaired) electrons. The molecule has 0 amide bonds. The summed E-state index contributed by atoms with van der Waals surface area (Å²) in [6.45, 7) is 2.66. The van der Waals surface area contributed by atoms with Gasteiger partial charge in [0.1, 0.15) is 0 Å². The molecule has 1 N–H and O–H groups in total. The van der Waals surface area contributed by atoms with Crippen LogP contribution >= 0.6 is 0 Å². The van der Waals surface area contributed by atoms with Gasteiger partial charge in [0.05, 0.1) is 19.4 Å². The Hall–Kier alpha value is -1.56. The van der Waals surface area contributed by atoms with Crippen molar-refractivity contribution in [3.8, 4) is 0 Å². The maximum Gasteiger partial charge on any atom is 0.392 e. The molecule has 1 aliphatic heterocycles. The van der Waals surface area contributed by atoms with Crippen LogP contribution in [0, 0.1) is 0 Å². The second kappa shape index (κ2) is 3.67. The number of carboxylic acid groups (broad SMARTS) is 1. The van der Waals surface area contributed by atoms with E-state index in [1.807, 2.05) is 4.90 Å². The molecule has 2 rings (SSSR count). The average Bonchev–Trinajstić information content (AvgIpc) is 2.68. The summed E-state index contributed by atoms with van der Waals surface area (Å²) in [6.07, 6.45) is 1.43. The number of anilines is 1. The van der Waals surface area contributed by atoms with Crippen molar-refractivity contribution in [3.05, 3.63) is 12.1 Å². The summed E-state index contributed by atoms with van der Waals surface area (Å²) in [7, 11) is 0. The van der Waals surface area contributed by atoms with Gasteiger partial charge in [0, 0.05) is 13.1 Å². The normalized spacial score (nSPS) is 17.0. The van der Waals surface area contributed by atoms with Crippen LogP contribution in [0.5, 0.6) is 0 Å². The van der Waals surface area contributed by atoms with Gasteiger partial charge in [0.2, 0.25) is 5.88 Å². The Morgan fingerprint density at radius 3 is 2.79 bits per heavy atom. The molecule has 0 aliphatic carbocycles. The van der Waals surface area contributed by atoms with Gasteiger partial charge in [0.25, 0.3) is 0 Å². The van der Waals surface area contributed by atoms with E-state index in [0.717, 1.165) is 0 Å². The molecule has 14 heavy (non-hydrogen) atoms. The van der Waals surface area contributed by atoms with Crippen molar-refractivity contribution in [3.63, 3.8) is 0 Å². The average molecular weight is 198 g/mol. The van der Waals surface area contributed by atoms with Crippen LogP contribution in [-0.4, -0.2) is 42.4 Å². The smallest absolute Gasteiger partial charge is 0.392 e. The minimum Gasteiger partial charge on any atom is -0.474 e. The van der Waals surface area contributed by atoms with E-state index in [9.17, 15) is 4.79 Å². The van der Waals surface area contributed by atoms with Crippen LogP contribution in [0.1, 0.15) is 10.7 Å². The fourth-order valence-electron chi connectivity index (χ4n) is 1.29. The molecular weight excluding hydrogens is 188 g/mol. The van der Waals surface area contributed by atoms with Crippen LogP contribution in [0.15, 0.2) is 10.6 Å². The Labute approximate surface area is 80.1 Å². The van der Waals surface area contributed by atoms with Gasteiger partial charge < -0.3 is 19.2 Å². The maximum atomic E-state index is 10.5. The van der Waals surface area contributed by atoms with Gasteiger partial charge in [-0.1, -0.05) is 0 Å². The lowest BCUT2D eigenvalue weighted by Gasteiger charge is -2.25. The minimum absolute atomic E-state index is 0.272. The number of rotatable bonds is 2. The fraction of sp³-hybridized carbons (Fsp3) is 0.500. The highest BCUT2D eigenvalue weighted by Crippen LogP contribution is 2.16. The van der Waals surface area contributed by atoms with Crippen molar-refractivity contribution in [2.45, 2.75) is 0 Å². The van der Waals surface area contributed by atoms with Gasteiger partial charge in [-0.3, -0.25) is 0 Å². The quantitative estimate of drug-likeness (QED) is 0.732. The van der Waals surface area contributed by atoms with Crippen molar-refractivity contribution in [2.24, 2.45) is 0 Å². The van der Waals surface area contributed by atoms with Crippen molar-refractivity contribution in [1.82, 2.24) is 4.98 Å². The number of carbonyl (C=O) groups is 1. The van der Waals surface area contributed by atoms with E-state index >= 15 is 0 Å². The lowest BCUT2D eigenvalue weighted by Crippen LogP contribution is -2.35. The molecule has 0 aromatic carbocycles. The van der Waals surface area contributed by atoms with E-state index in [1.165, 1.54) is 6.20 Å². The predicted octanol–water partition coefficient (Wildman–Crippen LogP) is 0.209. The molecule has 0 atom stereocenters. The molecule has 0 spiro atoms. The zero-order valence-electron chi connectivity index (χ0n) is 7.47. The molecule has 76 valence electrons. The Bertz CT molecular complexity index is 330. The fourth-order valence-corrected chi connectivity index (χ4v) is 1.29. The van der Waals surface area contributed by atoms with Crippen molar-refractivity contribution >= 4 is 11.9 Å². The van der Waals surface area contributed by atoms with Gasteiger partial charge >= 0.3 is 11.9 Å². The summed E-state index contributed by atoms with van der Waals surface area (Å²) in [5.74, 6) is -0.929. The van der Waals surface area contributed by atoms with Crippen LogP contribution in [0.2, 0.25) is 0 Å². The molecule has 1 aliphatic rings. The van der Waals surface area contributed by atoms with Crippen molar-refractivity contribution < 1.29 is 19.1 Å². The van der Waals surface area contributed by atoms with Crippen LogP contribution in [0.3, 0.4) is 0 Å². The molecule has 0 unspecified atom stereocenters. The predicted molar refractivity (Wildman–Crippen MR) is 46.5 cm³/mol. The molecule has 1 fully saturated rings. The molecule has 6 heteroatoms. The number of morpholine rings is 1. The molecule has 0 saturated carbocycles. The first-order chi connectivity index (χ1) is 6.77. The SMILES string of the molecule is O=C(O)c1ncc(N2CCOCC2)o1. The summed E-state index contributed by atoms with van der Waals surface area (Å²) >= 11 is 0. The Kier molecular flexibility index (Phi) is 2.36. The van der Waals surface area contributed by atoms with Gasteiger partial charge in [0.15, 0.2) is 0 Å². The highest BCUT2D eigenvalue weighted by molar-refractivity contribution is 5.82. The van der Waals surface area contributed by atoms with E-state index in [0.29, 0.717) is 32.2 Å². The van der Waals surface area contributed by atoms with E-state index < -0.39 is 5.97 Å². The Morgan fingerprint density at radius 1 is 1.50 bits per heavy atom. The topological polar surface area (TPSA) is 75.8 Å². The van der Waals surface area contributed by atoms with Gasteiger partial charge in [-0.25, -0.2) is 9.78 Å². The summed E-state index contributed by atoms with van der Waals surface area (Å²) in [5.41, 5.74) is 0. The Balaban J connectivity index is 2.11. The molecule has 0 bridgehead atoms. The molecule has 6 nitrogen and oxygen atoms in total. The zero-order chi connectivity index (χ0) is 9.97. The summed E-state index contributed by atoms with van der Waals surface area (Å²) in [5, 5.41) is 8.60. The largest absolute Gasteiger partial charge is 0.474 e. The van der Waals surface area contributed by atoms with E-state index in [4.69, 9.17) is 14.3 Å². The molecule has 1 aromatic rings. The lowest BCUT2D eigenvalue weighted by atomic mass is 10.4. The summed E-state index contributed by atoms with van der Waals surface area (Å²) < 4.78 is 10.2. The second-order valence-electron chi connectivity index (χ2n) is 2.91.